The molecule has 0 radical (unpaired) electrons. The standard InChI is InChI=1S/C22H20N2O3/c1-27-20-12-11-16(13-19(20)25)21-23-18-10-6-5-9-17(18)22(26)24(21)14-15-7-3-2-4-8-15/h2-13,21,23,25H,14H2,1H3/t21-/m0/s1. The largest absolute Gasteiger partial charge is 0.504 e. The van der Waals surface area contributed by atoms with E-state index in [0.717, 1.165) is 16.8 Å². The number of benzene rings is 3. The highest BCUT2D eigenvalue weighted by atomic mass is 16.5. The van der Waals surface area contributed by atoms with Crippen LogP contribution in [0.1, 0.15) is 27.7 Å². The fourth-order valence-corrected chi connectivity index (χ4v) is 3.38. The molecule has 1 aliphatic rings. The van der Waals surface area contributed by atoms with Gasteiger partial charge in [0, 0.05) is 12.2 Å². The Morgan fingerprint density at radius 3 is 2.52 bits per heavy atom. The van der Waals surface area contributed by atoms with Gasteiger partial charge in [0.2, 0.25) is 0 Å². The molecular formula is C22H20N2O3. The van der Waals surface area contributed by atoms with Gasteiger partial charge in [-0.25, -0.2) is 0 Å². The van der Waals surface area contributed by atoms with Gasteiger partial charge < -0.3 is 20.1 Å². The minimum atomic E-state index is -0.399. The summed E-state index contributed by atoms with van der Waals surface area (Å²) in [5.74, 6) is 0.396. The van der Waals surface area contributed by atoms with Crippen molar-refractivity contribution in [2.45, 2.75) is 12.7 Å². The molecule has 0 aliphatic carbocycles. The number of rotatable bonds is 4. The number of nitrogens with zero attached hydrogens (tertiary/aromatic N) is 1. The Labute approximate surface area is 157 Å². The van der Waals surface area contributed by atoms with E-state index < -0.39 is 6.17 Å². The number of hydrogen-bond donors (Lipinski definition) is 2. The molecule has 1 heterocycles. The van der Waals surface area contributed by atoms with Gasteiger partial charge >= 0.3 is 0 Å². The van der Waals surface area contributed by atoms with Gasteiger partial charge in [-0.05, 0) is 35.4 Å². The summed E-state index contributed by atoms with van der Waals surface area (Å²) in [7, 11) is 1.51. The van der Waals surface area contributed by atoms with Gasteiger partial charge in [-0.15, -0.1) is 0 Å². The summed E-state index contributed by atoms with van der Waals surface area (Å²) in [5, 5.41) is 13.6. The lowest BCUT2D eigenvalue weighted by molar-refractivity contribution is 0.0666. The Hall–Kier alpha value is -3.47. The molecule has 0 saturated carbocycles. The van der Waals surface area contributed by atoms with Crippen LogP contribution in [0.5, 0.6) is 11.5 Å². The summed E-state index contributed by atoms with van der Waals surface area (Å²) in [6.07, 6.45) is -0.399. The van der Waals surface area contributed by atoms with E-state index in [1.165, 1.54) is 7.11 Å². The molecule has 1 amide bonds. The number of carbonyl (C=O) groups excluding carboxylic acids is 1. The summed E-state index contributed by atoms with van der Waals surface area (Å²) >= 11 is 0. The van der Waals surface area contributed by atoms with Crippen LogP contribution in [0.2, 0.25) is 0 Å². The zero-order valence-electron chi connectivity index (χ0n) is 14.9. The van der Waals surface area contributed by atoms with Gasteiger partial charge in [-0.3, -0.25) is 4.79 Å². The molecule has 0 aromatic heterocycles. The average molecular weight is 360 g/mol. The minimum Gasteiger partial charge on any atom is -0.504 e. The van der Waals surface area contributed by atoms with Crippen LogP contribution in [0.15, 0.2) is 72.8 Å². The van der Waals surface area contributed by atoms with Crippen LogP contribution in [-0.2, 0) is 6.54 Å². The van der Waals surface area contributed by atoms with E-state index in [1.807, 2.05) is 60.7 Å². The second-order valence-electron chi connectivity index (χ2n) is 6.44. The molecule has 1 atom stereocenters. The second-order valence-corrected chi connectivity index (χ2v) is 6.44. The Morgan fingerprint density at radius 2 is 1.78 bits per heavy atom. The molecule has 27 heavy (non-hydrogen) atoms. The summed E-state index contributed by atoms with van der Waals surface area (Å²) < 4.78 is 5.14. The van der Waals surface area contributed by atoms with E-state index >= 15 is 0 Å². The van der Waals surface area contributed by atoms with Crippen molar-refractivity contribution >= 4 is 11.6 Å². The van der Waals surface area contributed by atoms with Crippen LogP contribution >= 0.6 is 0 Å². The number of anilines is 1. The van der Waals surface area contributed by atoms with Crippen LogP contribution in [0.4, 0.5) is 5.69 Å². The normalized spacial score (nSPS) is 15.8. The molecule has 1 aliphatic heterocycles. The van der Waals surface area contributed by atoms with Crippen molar-refractivity contribution in [1.29, 1.82) is 0 Å². The third-order valence-corrected chi connectivity index (χ3v) is 4.74. The molecule has 3 aromatic rings. The maximum absolute atomic E-state index is 13.2. The zero-order chi connectivity index (χ0) is 18.8. The molecule has 3 aromatic carbocycles. The van der Waals surface area contributed by atoms with E-state index in [2.05, 4.69) is 5.32 Å². The molecule has 0 spiro atoms. The lowest BCUT2D eigenvalue weighted by Gasteiger charge is -2.38. The number of phenolic OH excluding ortho intramolecular Hbond substituents is 1. The second kappa shape index (κ2) is 7.03. The number of para-hydroxylation sites is 1. The topological polar surface area (TPSA) is 61.8 Å². The van der Waals surface area contributed by atoms with Gasteiger partial charge in [0.1, 0.15) is 6.17 Å². The highest BCUT2D eigenvalue weighted by Crippen LogP contribution is 2.37. The quantitative estimate of drug-likeness (QED) is 0.733. The van der Waals surface area contributed by atoms with Crippen molar-refractivity contribution < 1.29 is 14.6 Å². The Kier molecular flexibility index (Phi) is 4.42. The number of methoxy groups -OCH3 is 1. The fourth-order valence-electron chi connectivity index (χ4n) is 3.38. The van der Waals surface area contributed by atoms with Crippen LogP contribution < -0.4 is 10.1 Å². The Bertz CT molecular complexity index is 972. The average Bonchev–Trinajstić information content (AvgIpc) is 2.71. The number of ether oxygens (including phenoxy) is 1. The van der Waals surface area contributed by atoms with Crippen LogP contribution in [0.25, 0.3) is 0 Å². The number of phenols is 1. The van der Waals surface area contributed by atoms with Crippen molar-refractivity contribution in [3.05, 3.63) is 89.5 Å². The van der Waals surface area contributed by atoms with Gasteiger partial charge in [0.15, 0.2) is 11.5 Å². The predicted octanol–water partition coefficient (Wildman–Crippen LogP) is 4.17. The summed E-state index contributed by atoms with van der Waals surface area (Å²) in [6.45, 7) is 0.457. The van der Waals surface area contributed by atoms with Crippen LogP contribution in [-0.4, -0.2) is 23.0 Å². The molecule has 0 fully saturated rings. The maximum atomic E-state index is 13.2. The first-order valence-corrected chi connectivity index (χ1v) is 8.75. The molecule has 4 rings (SSSR count). The van der Waals surface area contributed by atoms with Crippen molar-refractivity contribution in [3.63, 3.8) is 0 Å². The number of carbonyl (C=O) groups is 1. The lowest BCUT2D eigenvalue weighted by atomic mass is 10.0. The molecule has 5 heteroatoms. The van der Waals surface area contributed by atoms with E-state index in [9.17, 15) is 9.90 Å². The fraction of sp³-hybridized carbons (Fsp3) is 0.136. The summed E-state index contributed by atoms with van der Waals surface area (Å²) in [5.41, 5.74) is 3.25. The molecular weight excluding hydrogens is 340 g/mol. The van der Waals surface area contributed by atoms with E-state index in [0.29, 0.717) is 17.9 Å². The monoisotopic (exact) mass is 360 g/mol. The SMILES string of the molecule is COc1ccc([C@H]2Nc3ccccc3C(=O)N2Cc2ccccc2)cc1O. The molecule has 0 saturated heterocycles. The summed E-state index contributed by atoms with van der Waals surface area (Å²) in [6, 6.07) is 22.5. The Morgan fingerprint density at radius 1 is 1.04 bits per heavy atom. The number of amides is 1. The highest BCUT2D eigenvalue weighted by Gasteiger charge is 2.33. The van der Waals surface area contributed by atoms with Crippen LogP contribution in [0.3, 0.4) is 0 Å². The van der Waals surface area contributed by atoms with E-state index in [-0.39, 0.29) is 11.7 Å². The van der Waals surface area contributed by atoms with Gasteiger partial charge in [0.25, 0.3) is 5.91 Å². The number of aromatic hydroxyl groups is 1. The minimum absolute atomic E-state index is 0.0442. The molecule has 0 bridgehead atoms. The first kappa shape index (κ1) is 17.0. The van der Waals surface area contributed by atoms with Gasteiger partial charge in [-0.2, -0.15) is 0 Å². The zero-order valence-corrected chi connectivity index (χ0v) is 14.9. The van der Waals surface area contributed by atoms with E-state index in [4.69, 9.17) is 4.74 Å². The number of fused-ring (bicyclic) bond motifs is 1. The maximum Gasteiger partial charge on any atom is 0.258 e. The molecule has 5 nitrogen and oxygen atoms in total. The predicted molar refractivity (Wildman–Crippen MR) is 104 cm³/mol. The summed E-state index contributed by atoms with van der Waals surface area (Å²) in [4.78, 5) is 15.0. The van der Waals surface area contributed by atoms with Gasteiger partial charge in [0.05, 0.1) is 12.7 Å². The number of hydrogen-bond acceptors (Lipinski definition) is 4. The van der Waals surface area contributed by atoms with Gasteiger partial charge in [-0.1, -0.05) is 48.5 Å². The first-order chi connectivity index (χ1) is 13.2. The number of nitrogens with one attached hydrogen (secondary N) is 1. The van der Waals surface area contributed by atoms with Crippen molar-refractivity contribution in [1.82, 2.24) is 4.90 Å². The van der Waals surface area contributed by atoms with Crippen LogP contribution in [0, 0.1) is 0 Å². The first-order valence-electron chi connectivity index (χ1n) is 8.75. The van der Waals surface area contributed by atoms with Crippen molar-refractivity contribution in [2.24, 2.45) is 0 Å². The lowest BCUT2D eigenvalue weighted by Crippen LogP contribution is -2.42. The van der Waals surface area contributed by atoms with E-state index in [1.54, 1.807) is 17.0 Å². The Balaban J connectivity index is 1.76. The molecule has 136 valence electrons. The van der Waals surface area contributed by atoms with Crippen molar-refractivity contribution in [2.75, 3.05) is 12.4 Å². The molecule has 2 N–H and O–H groups in total. The third-order valence-electron chi connectivity index (χ3n) is 4.74. The highest BCUT2D eigenvalue weighted by molar-refractivity contribution is 6.01. The molecule has 0 unspecified atom stereocenters. The smallest absolute Gasteiger partial charge is 0.258 e. The third kappa shape index (κ3) is 3.19. The van der Waals surface area contributed by atoms with Crippen molar-refractivity contribution in [3.8, 4) is 11.5 Å².